The Morgan fingerprint density at radius 1 is 1.32 bits per heavy atom. The second-order valence-corrected chi connectivity index (χ2v) is 5.79. The van der Waals surface area contributed by atoms with E-state index in [4.69, 9.17) is 28.5 Å². The molecule has 0 bridgehead atoms. The van der Waals surface area contributed by atoms with E-state index in [1.807, 2.05) is 0 Å². The predicted octanol–water partition coefficient (Wildman–Crippen LogP) is 4.68. The number of nitrogens with zero attached hydrogens (tertiary/aromatic N) is 1. The fourth-order valence-electron chi connectivity index (χ4n) is 1.63. The van der Waals surface area contributed by atoms with Crippen LogP contribution in [0.2, 0.25) is 9.36 Å². The zero-order valence-electron chi connectivity index (χ0n) is 9.36. The summed E-state index contributed by atoms with van der Waals surface area (Å²) >= 11 is 12.7. The first kappa shape index (κ1) is 14.0. The van der Waals surface area contributed by atoms with Crippen molar-refractivity contribution in [3.8, 4) is 6.07 Å². The number of rotatable bonds is 3. The molecule has 0 amide bonds. The SMILES string of the molecule is N#CC(C(=O)c1ccc(Cl)s1)c1c(F)cccc1Cl. The number of hydrogen-bond donors (Lipinski definition) is 0. The third kappa shape index (κ3) is 2.79. The lowest BCUT2D eigenvalue weighted by Crippen LogP contribution is -2.12. The number of ketones is 1. The molecule has 96 valence electrons. The first-order valence-corrected chi connectivity index (χ1v) is 6.75. The monoisotopic (exact) mass is 313 g/mol. The van der Waals surface area contributed by atoms with Gasteiger partial charge in [0.25, 0.3) is 0 Å². The summed E-state index contributed by atoms with van der Waals surface area (Å²) in [7, 11) is 0. The van der Waals surface area contributed by atoms with Gasteiger partial charge in [0.15, 0.2) is 5.78 Å². The first-order chi connectivity index (χ1) is 9.04. The predicted molar refractivity (Wildman–Crippen MR) is 73.4 cm³/mol. The van der Waals surface area contributed by atoms with E-state index in [1.165, 1.54) is 24.3 Å². The molecule has 2 rings (SSSR count). The number of hydrogen-bond acceptors (Lipinski definition) is 3. The van der Waals surface area contributed by atoms with E-state index in [2.05, 4.69) is 0 Å². The van der Waals surface area contributed by atoms with Crippen molar-refractivity contribution < 1.29 is 9.18 Å². The number of Topliss-reactive ketones (excluding diaryl/α,β-unsaturated/α-hetero) is 1. The Kier molecular flexibility index (Phi) is 4.20. The minimum Gasteiger partial charge on any atom is -0.291 e. The van der Waals surface area contributed by atoms with Crippen LogP contribution in [0.3, 0.4) is 0 Å². The maximum absolute atomic E-state index is 13.8. The lowest BCUT2D eigenvalue weighted by Gasteiger charge is -2.10. The van der Waals surface area contributed by atoms with E-state index in [0.29, 0.717) is 9.21 Å². The van der Waals surface area contributed by atoms with Gasteiger partial charge in [0.2, 0.25) is 0 Å². The molecule has 2 nitrogen and oxygen atoms in total. The fraction of sp³-hybridized carbons (Fsp3) is 0.0769. The molecule has 0 aliphatic carbocycles. The minimum atomic E-state index is -1.27. The molecule has 0 aliphatic rings. The molecule has 1 aromatic heterocycles. The molecule has 0 aliphatic heterocycles. The molecule has 0 N–H and O–H groups in total. The maximum Gasteiger partial charge on any atom is 0.194 e. The Hall–Kier alpha value is -1.41. The highest BCUT2D eigenvalue weighted by Gasteiger charge is 2.27. The van der Waals surface area contributed by atoms with Crippen LogP contribution >= 0.6 is 34.5 Å². The summed E-state index contributed by atoms with van der Waals surface area (Å²) in [5, 5.41) is 9.20. The van der Waals surface area contributed by atoms with Gasteiger partial charge in [0.1, 0.15) is 11.7 Å². The molecule has 6 heteroatoms. The van der Waals surface area contributed by atoms with Crippen LogP contribution in [0.1, 0.15) is 21.2 Å². The van der Waals surface area contributed by atoms with Gasteiger partial charge in [-0.2, -0.15) is 5.26 Å². The van der Waals surface area contributed by atoms with Crippen molar-refractivity contribution in [1.29, 1.82) is 5.26 Å². The highest BCUT2D eigenvalue weighted by atomic mass is 35.5. The maximum atomic E-state index is 13.8. The molecule has 1 aromatic carbocycles. The van der Waals surface area contributed by atoms with Gasteiger partial charge in [-0.1, -0.05) is 29.3 Å². The van der Waals surface area contributed by atoms with Crippen LogP contribution in [0.25, 0.3) is 0 Å². The number of halogens is 3. The van der Waals surface area contributed by atoms with Gasteiger partial charge in [-0.05, 0) is 24.3 Å². The van der Waals surface area contributed by atoms with Crippen molar-refractivity contribution in [2.24, 2.45) is 0 Å². The molecule has 0 radical (unpaired) electrons. The van der Waals surface area contributed by atoms with Crippen LogP contribution in [-0.4, -0.2) is 5.78 Å². The van der Waals surface area contributed by atoms with Crippen LogP contribution in [0, 0.1) is 17.1 Å². The van der Waals surface area contributed by atoms with Crippen LogP contribution in [-0.2, 0) is 0 Å². The molecule has 1 heterocycles. The zero-order chi connectivity index (χ0) is 14.0. The van der Waals surface area contributed by atoms with Crippen LogP contribution < -0.4 is 0 Å². The lowest BCUT2D eigenvalue weighted by molar-refractivity contribution is 0.0981. The van der Waals surface area contributed by atoms with Crippen molar-refractivity contribution in [3.05, 3.63) is 55.9 Å². The zero-order valence-corrected chi connectivity index (χ0v) is 11.7. The topological polar surface area (TPSA) is 40.9 Å². The third-order valence-corrected chi connectivity index (χ3v) is 4.07. The van der Waals surface area contributed by atoms with Gasteiger partial charge < -0.3 is 0 Å². The smallest absolute Gasteiger partial charge is 0.194 e. The normalized spacial score (nSPS) is 11.9. The highest BCUT2D eigenvalue weighted by molar-refractivity contribution is 7.18. The molecule has 0 fully saturated rings. The van der Waals surface area contributed by atoms with Gasteiger partial charge in [-0.25, -0.2) is 4.39 Å². The molecule has 0 saturated carbocycles. The van der Waals surface area contributed by atoms with E-state index in [1.54, 1.807) is 12.1 Å². The summed E-state index contributed by atoms with van der Waals surface area (Å²) in [6, 6.07) is 8.89. The Morgan fingerprint density at radius 2 is 2.05 bits per heavy atom. The van der Waals surface area contributed by atoms with Crippen molar-refractivity contribution in [3.63, 3.8) is 0 Å². The first-order valence-electron chi connectivity index (χ1n) is 5.17. The number of carbonyl (C=O) groups is 1. The second-order valence-electron chi connectivity index (χ2n) is 3.67. The summed E-state index contributed by atoms with van der Waals surface area (Å²) in [5.41, 5.74) is -0.0961. The molecule has 1 atom stereocenters. The molecule has 19 heavy (non-hydrogen) atoms. The summed E-state index contributed by atoms with van der Waals surface area (Å²) in [5.74, 6) is -2.45. The minimum absolute atomic E-state index is 0.0579. The standard InChI is InChI=1S/C13H6Cl2FNOS/c14-8-2-1-3-9(16)12(8)7(6-17)13(18)10-4-5-11(15)19-10/h1-5,7H. The molecule has 1 unspecified atom stereocenters. The van der Waals surface area contributed by atoms with Crippen molar-refractivity contribution in [1.82, 2.24) is 0 Å². The Morgan fingerprint density at radius 3 is 2.58 bits per heavy atom. The van der Waals surface area contributed by atoms with Gasteiger partial charge in [-0.3, -0.25) is 4.79 Å². The number of carbonyl (C=O) groups excluding carboxylic acids is 1. The molecular formula is C13H6Cl2FNOS. The van der Waals surface area contributed by atoms with Crippen LogP contribution in [0.15, 0.2) is 30.3 Å². The number of nitriles is 1. The second kappa shape index (κ2) is 5.70. The van der Waals surface area contributed by atoms with Gasteiger partial charge in [0.05, 0.1) is 15.3 Å². The number of benzene rings is 1. The van der Waals surface area contributed by atoms with E-state index in [9.17, 15) is 9.18 Å². The van der Waals surface area contributed by atoms with E-state index in [0.717, 1.165) is 11.3 Å². The van der Waals surface area contributed by atoms with Gasteiger partial charge >= 0.3 is 0 Å². The molecular weight excluding hydrogens is 308 g/mol. The summed E-state index contributed by atoms with van der Waals surface area (Å²) < 4.78 is 14.2. The summed E-state index contributed by atoms with van der Waals surface area (Å²) in [6.45, 7) is 0. The quantitative estimate of drug-likeness (QED) is 0.772. The highest BCUT2D eigenvalue weighted by Crippen LogP contribution is 2.32. The lowest BCUT2D eigenvalue weighted by atomic mass is 9.94. The van der Waals surface area contributed by atoms with E-state index < -0.39 is 17.5 Å². The average molecular weight is 314 g/mol. The molecule has 2 aromatic rings. The molecule has 0 saturated heterocycles. The van der Waals surface area contributed by atoms with E-state index in [-0.39, 0.29) is 10.6 Å². The summed E-state index contributed by atoms with van der Waals surface area (Å²) in [6.07, 6.45) is 0. The Labute approximate surface area is 123 Å². The van der Waals surface area contributed by atoms with Crippen LogP contribution in [0.5, 0.6) is 0 Å². The van der Waals surface area contributed by atoms with Crippen molar-refractivity contribution in [2.75, 3.05) is 0 Å². The third-order valence-electron chi connectivity index (χ3n) is 2.50. The van der Waals surface area contributed by atoms with E-state index >= 15 is 0 Å². The number of thiophene rings is 1. The van der Waals surface area contributed by atoms with Gasteiger partial charge in [-0.15, -0.1) is 11.3 Å². The van der Waals surface area contributed by atoms with Crippen molar-refractivity contribution >= 4 is 40.3 Å². The van der Waals surface area contributed by atoms with Crippen molar-refractivity contribution in [2.45, 2.75) is 5.92 Å². The average Bonchev–Trinajstić information content (AvgIpc) is 2.80. The fourth-order valence-corrected chi connectivity index (χ4v) is 2.91. The van der Waals surface area contributed by atoms with Crippen LogP contribution in [0.4, 0.5) is 4.39 Å². The molecule has 0 spiro atoms. The summed E-state index contributed by atoms with van der Waals surface area (Å²) in [4.78, 5) is 12.5. The largest absolute Gasteiger partial charge is 0.291 e. The Bertz CT molecular complexity index is 657. The van der Waals surface area contributed by atoms with Gasteiger partial charge in [0, 0.05) is 10.6 Å². The Balaban J connectivity index is 2.47.